The van der Waals surface area contributed by atoms with Crippen molar-refractivity contribution in [3.8, 4) is 11.4 Å². The standard InChI is InChI=1S/C20H24N6/c1-16-14-18(23-20(22-16)17-6-3-2-4-7-17)15-25-11-5-8-19(9-12-25)26-13-10-21-24-26/h2-4,6-7,10,13-14,19H,5,8-9,11-12,15H2,1H3. The average molecular weight is 348 g/mol. The van der Waals surface area contributed by atoms with Crippen LogP contribution in [0, 0.1) is 6.92 Å². The normalized spacial score (nSPS) is 18.6. The Balaban J connectivity index is 1.46. The van der Waals surface area contributed by atoms with Crippen molar-refractivity contribution in [3.63, 3.8) is 0 Å². The fraction of sp³-hybridized carbons (Fsp3) is 0.400. The summed E-state index contributed by atoms with van der Waals surface area (Å²) in [5, 5.41) is 8.12. The third-order valence-electron chi connectivity index (χ3n) is 4.93. The predicted octanol–water partition coefficient (Wildman–Crippen LogP) is 3.27. The summed E-state index contributed by atoms with van der Waals surface area (Å²) in [7, 11) is 0. The van der Waals surface area contributed by atoms with Crippen molar-refractivity contribution in [2.45, 2.75) is 38.8 Å². The van der Waals surface area contributed by atoms with Gasteiger partial charge in [0, 0.05) is 30.5 Å². The van der Waals surface area contributed by atoms with Gasteiger partial charge in [0.2, 0.25) is 0 Å². The molecule has 26 heavy (non-hydrogen) atoms. The Bertz CT molecular complexity index is 831. The number of likely N-dealkylation sites (tertiary alicyclic amines) is 1. The number of nitrogens with zero attached hydrogens (tertiary/aromatic N) is 6. The molecule has 0 bridgehead atoms. The minimum Gasteiger partial charge on any atom is -0.297 e. The lowest BCUT2D eigenvalue weighted by atomic mass is 10.1. The summed E-state index contributed by atoms with van der Waals surface area (Å²) in [5.74, 6) is 0.816. The Morgan fingerprint density at radius 2 is 1.96 bits per heavy atom. The minimum absolute atomic E-state index is 0.453. The fourth-order valence-corrected chi connectivity index (χ4v) is 3.63. The van der Waals surface area contributed by atoms with Crippen LogP contribution in [-0.2, 0) is 6.54 Å². The number of hydrogen-bond acceptors (Lipinski definition) is 5. The van der Waals surface area contributed by atoms with E-state index in [0.29, 0.717) is 6.04 Å². The van der Waals surface area contributed by atoms with Crippen LogP contribution in [0.2, 0.25) is 0 Å². The SMILES string of the molecule is Cc1cc(CN2CCCC(n3ccnn3)CC2)nc(-c2ccccc2)n1. The molecule has 2 aromatic heterocycles. The van der Waals surface area contributed by atoms with E-state index < -0.39 is 0 Å². The van der Waals surface area contributed by atoms with Crippen LogP contribution < -0.4 is 0 Å². The van der Waals surface area contributed by atoms with Crippen LogP contribution in [0.25, 0.3) is 11.4 Å². The zero-order chi connectivity index (χ0) is 17.8. The van der Waals surface area contributed by atoms with E-state index in [9.17, 15) is 0 Å². The molecule has 0 spiro atoms. The van der Waals surface area contributed by atoms with Crippen molar-refractivity contribution in [2.24, 2.45) is 0 Å². The van der Waals surface area contributed by atoms with Gasteiger partial charge >= 0.3 is 0 Å². The molecule has 4 rings (SSSR count). The van der Waals surface area contributed by atoms with E-state index in [1.54, 1.807) is 6.20 Å². The Labute approximate surface area is 153 Å². The number of aromatic nitrogens is 5. The topological polar surface area (TPSA) is 59.7 Å². The van der Waals surface area contributed by atoms with E-state index in [4.69, 9.17) is 4.98 Å². The lowest BCUT2D eigenvalue weighted by molar-refractivity contribution is 0.267. The summed E-state index contributed by atoms with van der Waals surface area (Å²) < 4.78 is 2.01. The van der Waals surface area contributed by atoms with Crippen LogP contribution >= 0.6 is 0 Å². The third-order valence-corrected chi connectivity index (χ3v) is 4.93. The number of rotatable bonds is 4. The Morgan fingerprint density at radius 1 is 1.08 bits per heavy atom. The molecule has 1 unspecified atom stereocenters. The van der Waals surface area contributed by atoms with Crippen LogP contribution in [0.4, 0.5) is 0 Å². The van der Waals surface area contributed by atoms with E-state index in [0.717, 1.165) is 55.3 Å². The average Bonchev–Trinajstić information content (AvgIpc) is 3.09. The first-order chi connectivity index (χ1) is 12.8. The minimum atomic E-state index is 0.453. The summed E-state index contributed by atoms with van der Waals surface area (Å²) in [6.45, 7) is 5.05. The summed E-state index contributed by atoms with van der Waals surface area (Å²) in [6.07, 6.45) is 7.15. The number of benzene rings is 1. The molecule has 1 fully saturated rings. The van der Waals surface area contributed by atoms with E-state index in [-0.39, 0.29) is 0 Å². The molecule has 1 aliphatic rings. The smallest absolute Gasteiger partial charge is 0.159 e. The molecule has 1 aliphatic heterocycles. The second kappa shape index (κ2) is 7.74. The van der Waals surface area contributed by atoms with E-state index in [1.165, 1.54) is 6.42 Å². The zero-order valence-corrected chi connectivity index (χ0v) is 15.1. The van der Waals surface area contributed by atoms with Crippen LogP contribution in [0.15, 0.2) is 48.8 Å². The van der Waals surface area contributed by atoms with Gasteiger partial charge in [-0.1, -0.05) is 35.5 Å². The van der Waals surface area contributed by atoms with Gasteiger partial charge in [-0.25, -0.2) is 14.6 Å². The third kappa shape index (κ3) is 3.96. The molecule has 0 radical (unpaired) electrons. The van der Waals surface area contributed by atoms with Crippen LogP contribution in [0.3, 0.4) is 0 Å². The van der Waals surface area contributed by atoms with Crippen molar-refractivity contribution in [3.05, 3.63) is 60.2 Å². The van der Waals surface area contributed by atoms with Gasteiger partial charge in [-0.3, -0.25) is 4.90 Å². The molecular weight excluding hydrogens is 324 g/mol. The van der Waals surface area contributed by atoms with E-state index >= 15 is 0 Å². The van der Waals surface area contributed by atoms with Gasteiger partial charge in [-0.2, -0.15) is 0 Å². The van der Waals surface area contributed by atoms with Gasteiger partial charge in [0.1, 0.15) is 0 Å². The van der Waals surface area contributed by atoms with Gasteiger partial charge < -0.3 is 0 Å². The highest BCUT2D eigenvalue weighted by Gasteiger charge is 2.19. The Morgan fingerprint density at radius 3 is 2.77 bits per heavy atom. The maximum absolute atomic E-state index is 4.82. The molecule has 3 aromatic rings. The number of aryl methyl sites for hydroxylation is 1. The largest absolute Gasteiger partial charge is 0.297 e. The van der Waals surface area contributed by atoms with E-state index in [2.05, 4.69) is 38.4 Å². The molecule has 1 saturated heterocycles. The van der Waals surface area contributed by atoms with Crippen molar-refractivity contribution >= 4 is 0 Å². The van der Waals surface area contributed by atoms with Crippen molar-refractivity contribution in [1.82, 2.24) is 29.9 Å². The highest BCUT2D eigenvalue weighted by Crippen LogP contribution is 2.23. The predicted molar refractivity (Wildman–Crippen MR) is 100 cm³/mol. The molecule has 0 N–H and O–H groups in total. The van der Waals surface area contributed by atoms with Crippen molar-refractivity contribution in [1.29, 1.82) is 0 Å². The monoisotopic (exact) mass is 348 g/mol. The van der Waals surface area contributed by atoms with Gasteiger partial charge in [0.05, 0.1) is 17.9 Å². The van der Waals surface area contributed by atoms with Crippen LogP contribution in [0.5, 0.6) is 0 Å². The number of hydrogen-bond donors (Lipinski definition) is 0. The zero-order valence-electron chi connectivity index (χ0n) is 15.1. The lowest BCUT2D eigenvalue weighted by Crippen LogP contribution is -2.25. The summed E-state index contributed by atoms with van der Waals surface area (Å²) in [4.78, 5) is 11.9. The summed E-state index contributed by atoms with van der Waals surface area (Å²) >= 11 is 0. The molecule has 3 heterocycles. The first-order valence-electron chi connectivity index (χ1n) is 9.26. The maximum Gasteiger partial charge on any atom is 0.159 e. The molecule has 6 heteroatoms. The first-order valence-corrected chi connectivity index (χ1v) is 9.26. The van der Waals surface area contributed by atoms with Gasteiger partial charge in [0.15, 0.2) is 5.82 Å². The second-order valence-corrected chi connectivity index (χ2v) is 6.93. The second-order valence-electron chi connectivity index (χ2n) is 6.93. The van der Waals surface area contributed by atoms with E-state index in [1.807, 2.05) is 36.0 Å². The van der Waals surface area contributed by atoms with Crippen molar-refractivity contribution < 1.29 is 0 Å². The highest BCUT2D eigenvalue weighted by molar-refractivity contribution is 5.54. The summed E-state index contributed by atoms with van der Waals surface area (Å²) in [5.41, 5.74) is 3.18. The molecular formula is C20H24N6. The van der Waals surface area contributed by atoms with Gasteiger partial charge in [-0.15, -0.1) is 5.10 Å². The maximum atomic E-state index is 4.82. The van der Waals surface area contributed by atoms with Crippen LogP contribution in [-0.4, -0.2) is 43.0 Å². The van der Waals surface area contributed by atoms with Gasteiger partial charge in [0.25, 0.3) is 0 Å². The quantitative estimate of drug-likeness (QED) is 0.724. The summed E-state index contributed by atoms with van der Waals surface area (Å²) in [6, 6.07) is 12.8. The fourth-order valence-electron chi connectivity index (χ4n) is 3.63. The van der Waals surface area contributed by atoms with Crippen LogP contribution in [0.1, 0.15) is 36.7 Å². The molecule has 6 nitrogen and oxygen atoms in total. The lowest BCUT2D eigenvalue weighted by Gasteiger charge is -2.20. The highest BCUT2D eigenvalue weighted by atomic mass is 15.4. The van der Waals surface area contributed by atoms with Gasteiger partial charge in [-0.05, 0) is 38.8 Å². The molecule has 1 aromatic carbocycles. The van der Waals surface area contributed by atoms with Crippen molar-refractivity contribution in [2.75, 3.05) is 13.1 Å². The molecule has 0 amide bonds. The molecule has 134 valence electrons. The molecule has 0 saturated carbocycles. The Kier molecular flexibility index (Phi) is 5.02. The molecule has 0 aliphatic carbocycles. The first kappa shape index (κ1) is 16.8. The molecule has 1 atom stereocenters. The Hall–Kier alpha value is -2.60.